The molecule has 1 unspecified atom stereocenters. The lowest BCUT2D eigenvalue weighted by Gasteiger charge is -2.15. The fraction of sp³-hybridized carbons (Fsp3) is 0.615. The van der Waals surface area contributed by atoms with Gasteiger partial charge in [0.1, 0.15) is 0 Å². The molecule has 1 amide bonds. The first-order valence-electron chi connectivity index (χ1n) is 6.15. The number of thiophene rings is 1. The Morgan fingerprint density at radius 1 is 1.59 bits per heavy atom. The maximum absolute atomic E-state index is 11.9. The van der Waals surface area contributed by atoms with Crippen LogP contribution < -0.4 is 0 Å². The monoisotopic (exact) mass is 271 g/mol. The third kappa shape index (κ3) is 3.71. The van der Waals surface area contributed by atoms with Gasteiger partial charge in [0.05, 0.1) is 0 Å². The molecule has 0 saturated carbocycles. The Labute approximate surface area is 112 Å². The second kappa shape index (κ2) is 6.41. The molecule has 1 aromatic rings. The lowest BCUT2D eigenvalue weighted by molar-refractivity contribution is -0.130. The first kappa shape index (κ1) is 12.9. The molecule has 1 aliphatic rings. The van der Waals surface area contributed by atoms with E-state index in [4.69, 9.17) is 11.6 Å². The van der Waals surface area contributed by atoms with Crippen LogP contribution in [0.1, 0.15) is 24.1 Å². The van der Waals surface area contributed by atoms with Crippen molar-refractivity contribution < 1.29 is 4.79 Å². The third-order valence-electron chi connectivity index (χ3n) is 3.25. The Balaban J connectivity index is 1.67. The number of hydrogen-bond acceptors (Lipinski definition) is 2. The highest BCUT2D eigenvalue weighted by Gasteiger charge is 2.24. The lowest BCUT2D eigenvalue weighted by Crippen LogP contribution is -2.28. The van der Waals surface area contributed by atoms with Crippen molar-refractivity contribution in [3.05, 3.63) is 22.4 Å². The molecule has 0 radical (unpaired) electrons. The van der Waals surface area contributed by atoms with Crippen molar-refractivity contribution in [3.63, 3.8) is 0 Å². The zero-order valence-electron chi connectivity index (χ0n) is 9.90. The molecule has 17 heavy (non-hydrogen) atoms. The minimum atomic E-state index is 0.300. The summed E-state index contributed by atoms with van der Waals surface area (Å²) in [5, 5.41) is 2.09. The summed E-state index contributed by atoms with van der Waals surface area (Å²) in [6, 6.07) is 4.20. The molecule has 1 aliphatic heterocycles. The van der Waals surface area contributed by atoms with Crippen LogP contribution in [0.4, 0.5) is 0 Å². The van der Waals surface area contributed by atoms with Gasteiger partial charge in [-0.1, -0.05) is 6.07 Å². The van der Waals surface area contributed by atoms with Crippen molar-refractivity contribution in [2.24, 2.45) is 5.92 Å². The quantitative estimate of drug-likeness (QED) is 0.754. The number of hydrogen-bond donors (Lipinski definition) is 0. The summed E-state index contributed by atoms with van der Waals surface area (Å²) in [6.45, 7) is 1.76. The molecular formula is C13H18ClNOS. The molecule has 0 spiro atoms. The summed E-state index contributed by atoms with van der Waals surface area (Å²) in [7, 11) is 0. The number of rotatable bonds is 5. The van der Waals surface area contributed by atoms with Crippen molar-refractivity contribution >= 4 is 28.8 Å². The van der Waals surface area contributed by atoms with Gasteiger partial charge < -0.3 is 4.90 Å². The largest absolute Gasteiger partial charge is 0.342 e. The molecular weight excluding hydrogens is 254 g/mol. The van der Waals surface area contributed by atoms with Crippen LogP contribution in [0, 0.1) is 5.92 Å². The van der Waals surface area contributed by atoms with Gasteiger partial charge in [0.25, 0.3) is 0 Å². The van der Waals surface area contributed by atoms with E-state index in [9.17, 15) is 4.79 Å². The molecule has 1 atom stereocenters. The van der Waals surface area contributed by atoms with Gasteiger partial charge in [-0.3, -0.25) is 4.79 Å². The summed E-state index contributed by atoms with van der Waals surface area (Å²) < 4.78 is 0. The SMILES string of the molecule is O=C(CCCc1cccs1)N1CCC(CCl)C1. The van der Waals surface area contributed by atoms with Crippen LogP contribution in [0.25, 0.3) is 0 Å². The minimum Gasteiger partial charge on any atom is -0.342 e. The molecule has 2 heterocycles. The van der Waals surface area contributed by atoms with Gasteiger partial charge in [0.15, 0.2) is 0 Å². The van der Waals surface area contributed by atoms with E-state index >= 15 is 0 Å². The molecule has 2 nitrogen and oxygen atoms in total. The molecule has 0 bridgehead atoms. The van der Waals surface area contributed by atoms with Crippen LogP contribution >= 0.6 is 22.9 Å². The Hall–Kier alpha value is -0.540. The van der Waals surface area contributed by atoms with E-state index < -0.39 is 0 Å². The van der Waals surface area contributed by atoms with Crippen molar-refractivity contribution in [2.45, 2.75) is 25.7 Å². The Morgan fingerprint density at radius 2 is 2.47 bits per heavy atom. The Kier molecular flexibility index (Phi) is 4.86. The van der Waals surface area contributed by atoms with Crippen molar-refractivity contribution in [2.75, 3.05) is 19.0 Å². The number of likely N-dealkylation sites (tertiary alicyclic amines) is 1. The molecule has 0 aromatic carbocycles. The number of carbonyl (C=O) groups is 1. The van der Waals surface area contributed by atoms with E-state index in [1.807, 2.05) is 4.90 Å². The fourth-order valence-corrected chi connectivity index (χ4v) is 3.22. The topological polar surface area (TPSA) is 20.3 Å². The highest BCUT2D eigenvalue weighted by molar-refractivity contribution is 7.09. The highest BCUT2D eigenvalue weighted by Crippen LogP contribution is 2.19. The zero-order valence-corrected chi connectivity index (χ0v) is 11.5. The average Bonchev–Trinajstić information content (AvgIpc) is 2.99. The highest BCUT2D eigenvalue weighted by atomic mass is 35.5. The zero-order chi connectivity index (χ0) is 12.1. The van der Waals surface area contributed by atoms with Crippen LogP contribution in [0.3, 0.4) is 0 Å². The molecule has 4 heteroatoms. The number of halogens is 1. The second-order valence-electron chi connectivity index (χ2n) is 4.58. The first-order valence-corrected chi connectivity index (χ1v) is 7.57. The standard InChI is InChI=1S/C13H18ClNOS/c14-9-11-6-7-15(10-11)13(16)5-1-3-12-4-2-8-17-12/h2,4,8,11H,1,3,5-7,9-10H2. The van der Waals surface area contributed by atoms with Crippen molar-refractivity contribution in [3.8, 4) is 0 Å². The number of carbonyl (C=O) groups excluding carboxylic acids is 1. The van der Waals surface area contributed by atoms with Crippen LogP contribution in [0.5, 0.6) is 0 Å². The van der Waals surface area contributed by atoms with E-state index in [-0.39, 0.29) is 0 Å². The second-order valence-corrected chi connectivity index (χ2v) is 5.92. The van der Waals surface area contributed by atoms with Crippen molar-refractivity contribution in [1.29, 1.82) is 0 Å². The normalized spacial score (nSPS) is 19.8. The van der Waals surface area contributed by atoms with E-state index in [1.165, 1.54) is 4.88 Å². The summed E-state index contributed by atoms with van der Waals surface area (Å²) in [5.74, 6) is 1.49. The number of aryl methyl sites for hydroxylation is 1. The van der Waals surface area contributed by atoms with Gasteiger partial charge in [-0.2, -0.15) is 0 Å². The molecule has 1 fully saturated rings. The molecule has 1 aromatic heterocycles. The molecule has 0 aliphatic carbocycles. The van der Waals surface area contributed by atoms with Crippen molar-refractivity contribution in [1.82, 2.24) is 4.90 Å². The smallest absolute Gasteiger partial charge is 0.222 e. The Morgan fingerprint density at radius 3 is 3.12 bits per heavy atom. The molecule has 94 valence electrons. The van der Waals surface area contributed by atoms with Gasteiger partial charge in [-0.25, -0.2) is 0 Å². The van der Waals surface area contributed by atoms with E-state index in [1.54, 1.807) is 11.3 Å². The number of amides is 1. The van der Waals surface area contributed by atoms with E-state index in [0.717, 1.165) is 32.4 Å². The first-order chi connectivity index (χ1) is 8.29. The maximum Gasteiger partial charge on any atom is 0.222 e. The van der Waals surface area contributed by atoms with Gasteiger partial charge in [0, 0.05) is 30.3 Å². The van der Waals surface area contributed by atoms with Gasteiger partial charge in [-0.15, -0.1) is 22.9 Å². The molecule has 0 N–H and O–H groups in total. The minimum absolute atomic E-state index is 0.300. The summed E-state index contributed by atoms with van der Waals surface area (Å²) >= 11 is 7.58. The third-order valence-corrected chi connectivity index (χ3v) is 4.62. The molecule has 2 rings (SSSR count). The predicted octanol–water partition coefficient (Wildman–Crippen LogP) is 3.16. The van der Waals surface area contributed by atoms with E-state index in [2.05, 4.69) is 17.5 Å². The van der Waals surface area contributed by atoms with Gasteiger partial charge in [-0.05, 0) is 36.6 Å². The summed E-state index contributed by atoms with van der Waals surface area (Å²) in [4.78, 5) is 15.3. The number of nitrogens with zero attached hydrogens (tertiary/aromatic N) is 1. The van der Waals surface area contributed by atoms with Crippen LogP contribution in [-0.4, -0.2) is 29.8 Å². The van der Waals surface area contributed by atoms with Crippen LogP contribution in [0.15, 0.2) is 17.5 Å². The average molecular weight is 272 g/mol. The lowest BCUT2D eigenvalue weighted by atomic mass is 10.2. The predicted molar refractivity (Wildman–Crippen MR) is 72.7 cm³/mol. The summed E-state index contributed by atoms with van der Waals surface area (Å²) in [6.07, 6.45) is 3.73. The molecule has 1 saturated heterocycles. The summed E-state index contributed by atoms with van der Waals surface area (Å²) in [5.41, 5.74) is 0. The van der Waals surface area contributed by atoms with Gasteiger partial charge >= 0.3 is 0 Å². The number of alkyl halides is 1. The van der Waals surface area contributed by atoms with Crippen LogP contribution in [0.2, 0.25) is 0 Å². The Bertz CT molecular complexity index is 352. The van der Waals surface area contributed by atoms with Gasteiger partial charge in [0.2, 0.25) is 5.91 Å². The van der Waals surface area contributed by atoms with Crippen LogP contribution in [-0.2, 0) is 11.2 Å². The fourth-order valence-electron chi connectivity index (χ4n) is 2.21. The maximum atomic E-state index is 11.9. The van der Waals surface area contributed by atoms with E-state index in [0.29, 0.717) is 24.1 Å².